The zero-order valence-electron chi connectivity index (χ0n) is 27.8. The van der Waals surface area contributed by atoms with E-state index in [1.807, 2.05) is 48.5 Å². The molecule has 4 heterocycles. The van der Waals surface area contributed by atoms with E-state index in [4.69, 9.17) is 29.9 Å². The molecular weight excluding hydrogens is 637 g/mol. The lowest BCUT2D eigenvalue weighted by molar-refractivity contribution is 1.08. The van der Waals surface area contributed by atoms with Crippen LogP contribution in [0.25, 0.3) is 100 Å². The third-order valence-corrected chi connectivity index (χ3v) is 9.54. The summed E-state index contributed by atoms with van der Waals surface area (Å²) in [6, 6.07) is 55.8. The van der Waals surface area contributed by atoms with Gasteiger partial charge in [0.05, 0.1) is 27.9 Å². The molecule has 0 N–H and O–H groups in total. The van der Waals surface area contributed by atoms with Crippen LogP contribution in [0.3, 0.4) is 0 Å². The van der Waals surface area contributed by atoms with Crippen molar-refractivity contribution in [2.75, 3.05) is 0 Å². The van der Waals surface area contributed by atoms with Crippen molar-refractivity contribution in [2.24, 2.45) is 0 Å². The number of rotatable bonds is 5. The van der Waals surface area contributed by atoms with Crippen molar-refractivity contribution in [2.45, 2.75) is 0 Å². The molecule has 0 aliphatic carbocycles. The van der Waals surface area contributed by atoms with E-state index in [0.29, 0.717) is 17.5 Å². The summed E-state index contributed by atoms with van der Waals surface area (Å²) in [4.78, 5) is 30.0. The first-order valence-electron chi connectivity index (χ1n) is 17.2. The number of nitrogens with zero attached hydrogens (tertiary/aromatic N) is 6. The second kappa shape index (κ2) is 12.3. The summed E-state index contributed by atoms with van der Waals surface area (Å²) < 4.78 is 0. The molecule has 0 saturated carbocycles. The fraction of sp³-hybridized carbons (Fsp3) is 0. The van der Waals surface area contributed by atoms with Crippen molar-refractivity contribution in [1.29, 1.82) is 0 Å². The Bertz CT molecular complexity index is 2950. The average Bonchev–Trinajstić information content (AvgIpc) is 3.23. The van der Waals surface area contributed by atoms with Gasteiger partial charge >= 0.3 is 0 Å². The Morgan fingerprint density at radius 2 is 0.808 bits per heavy atom. The van der Waals surface area contributed by atoms with Gasteiger partial charge in [-0.25, -0.2) is 24.9 Å². The summed E-state index contributed by atoms with van der Waals surface area (Å²) >= 11 is 0. The number of hydrogen-bond donors (Lipinski definition) is 0. The molecule has 0 amide bonds. The lowest BCUT2D eigenvalue weighted by atomic mass is 10.0. The van der Waals surface area contributed by atoms with Gasteiger partial charge in [0.15, 0.2) is 17.5 Å². The third-order valence-electron chi connectivity index (χ3n) is 9.54. The molecule has 0 aliphatic heterocycles. The minimum Gasteiger partial charge on any atom is -0.255 e. The monoisotopic (exact) mass is 664 g/mol. The maximum atomic E-state index is 5.16. The van der Waals surface area contributed by atoms with Crippen LogP contribution >= 0.6 is 0 Å². The van der Waals surface area contributed by atoms with Crippen molar-refractivity contribution in [3.63, 3.8) is 0 Å². The second-order valence-electron chi connectivity index (χ2n) is 12.8. The van der Waals surface area contributed by atoms with E-state index >= 15 is 0 Å². The minimum atomic E-state index is 0.576. The minimum absolute atomic E-state index is 0.576. The predicted octanol–water partition coefficient (Wildman–Crippen LogP) is 11.0. The summed E-state index contributed by atoms with van der Waals surface area (Å²) in [6.45, 7) is 0. The van der Waals surface area contributed by atoms with Gasteiger partial charge in [-0.05, 0) is 41.1 Å². The van der Waals surface area contributed by atoms with Crippen molar-refractivity contribution >= 4 is 43.5 Å². The highest BCUT2D eigenvalue weighted by atomic mass is 15.0. The van der Waals surface area contributed by atoms with E-state index in [1.54, 1.807) is 6.20 Å². The number of benzene rings is 6. The van der Waals surface area contributed by atoms with Gasteiger partial charge in [0.2, 0.25) is 0 Å². The number of para-hydroxylation sites is 1. The van der Waals surface area contributed by atoms with Gasteiger partial charge < -0.3 is 0 Å². The molecule has 6 nitrogen and oxygen atoms in total. The van der Waals surface area contributed by atoms with Crippen LogP contribution in [0.15, 0.2) is 170 Å². The van der Waals surface area contributed by atoms with Crippen LogP contribution in [0.5, 0.6) is 0 Å². The zero-order valence-corrected chi connectivity index (χ0v) is 27.8. The Kier molecular flexibility index (Phi) is 7.03. The lowest BCUT2D eigenvalue weighted by Crippen LogP contribution is -2.01. The fourth-order valence-corrected chi connectivity index (χ4v) is 6.86. The molecule has 0 unspecified atom stereocenters. The molecule has 10 aromatic rings. The largest absolute Gasteiger partial charge is 0.255 e. The maximum Gasteiger partial charge on any atom is 0.166 e. The van der Waals surface area contributed by atoms with Crippen molar-refractivity contribution in [1.82, 2.24) is 29.9 Å². The molecule has 52 heavy (non-hydrogen) atoms. The molecule has 0 fully saturated rings. The summed E-state index contributed by atoms with van der Waals surface area (Å²) in [5.41, 5.74) is 9.14. The molecule has 0 atom stereocenters. The van der Waals surface area contributed by atoms with Crippen LogP contribution in [0.4, 0.5) is 0 Å². The molecule has 0 bridgehead atoms. The predicted molar refractivity (Wildman–Crippen MR) is 210 cm³/mol. The number of pyridine rings is 3. The average molecular weight is 665 g/mol. The van der Waals surface area contributed by atoms with Gasteiger partial charge in [0.1, 0.15) is 0 Å². The van der Waals surface area contributed by atoms with Crippen molar-refractivity contribution in [3.8, 4) is 56.7 Å². The number of hydrogen-bond acceptors (Lipinski definition) is 6. The van der Waals surface area contributed by atoms with Crippen molar-refractivity contribution < 1.29 is 0 Å². The SMILES string of the molecule is c1ccc(-c2ccc3ccc4ccc(-c5ccc(-c6nc(-c7ccc8ccccc8c7)nc(-c7cccc8cccnc78)n6)cc5)nc4c3n2)cc1. The second-order valence-corrected chi connectivity index (χ2v) is 12.8. The quantitative estimate of drug-likeness (QED) is 0.170. The summed E-state index contributed by atoms with van der Waals surface area (Å²) in [5, 5.41) is 5.42. The standard InChI is InChI=1S/C46H28N6/c1-2-9-30(10-3-1)39-25-23-33-18-19-34-24-26-40(49-43(34)42(33)48-39)31-16-20-35(21-17-31)44-50-45(37-22-15-29-8-4-5-11-36(29)28-37)52-46(51-44)38-14-6-12-32-13-7-27-47-41(32)38/h1-28H. The van der Waals surface area contributed by atoms with Gasteiger partial charge in [-0.2, -0.15) is 0 Å². The molecule has 6 heteroatoms. The van der Waals surface area contributed by atoms with E-state index in [0.717, 1.165) is 82.7 Å². The van der Waals surface area contributed by atoms with Crippen LogP contribution in [-0.2, 0) is 0 Å². The van der Waals surface area contributed by atoms with E-state index in [9.17, 15) is 0 Å². The number of aromatic nitrogens is 6. The molecular formula is C46H28N6. The molecule has 0 spiro atoms. The Hall–Kier alpha value is -7.18. The zero-order chi connectivity index (χ0) is 34.4. The first-order valence-corrected chi connectivity index (χ1v) is 17.2. The van der Waals surface area contributed by atoms with Gasteiger partial charge in [-0.15, -0.1) is 0 Å². The van der Waals surface area contributed by atoms with Crippen LogP contribution < -0.4 is 0 Å². The number of fused-ring (bicyclic) bond motifs is 5. The Balaban J connectivity index is 1.08. The van der Waals surface area contributed by atoms with Crippen LogP contribution in [-0.4, -0.2) is 29.9 Å². The molecule has 242 valence electrons. The molecule has 0 aliphatic rings. The van der Waals surface area contributed by atoms with Gasteiger partial charge in [0.25, 0.3) is 0 Å². The van der Waals surface area contributed by atoms with E-state index in [1.165, 1.54) is 0 Å². The van der Waals surface area contributed by atoms with E-state index in [2.05, 4.69) is 115 Å². The van der Waals surface area contributed by atoms with Crippen LogP contribution in [0.2, 0.25) is 0 Å². The van der Waals surface area contributed by atoms with Crippen molar-refractivity contribution in [3.05, 3.63) is 170 Å². The smallest absolute Gasteiger partial charge is 0.166 e. The highest BCUT2D eigenvalue weighted by molar-refractivity contribution is 6.04. The summed E-state index contributed by atoms with van der Waals surface area (Å²) in [7, 11) is 0. The molecule has 6 aromatic carbocycles. The van der Waals surface area contributed by atoms with E-state index in [-0.39, 0.29) is 0 Å². The van der Waals surface area contributed by atoms with Gasteiger partial charge in [0, 0.05) is 50.2 Å². The fourth-order valence-electron chi connectivity index (χ4n) is 6.86. The van der Waals surface area contributed by atoms with Gasteiger partial charge in [-0.1, -0.05) is 133 Å². The van der Waals surface area contributed by atoms with Crippen LogP contribution in [0, 0.1) is 0 Å². The van der Waals surface area contributed by atoms with E-state index < -0.39 is 0 Å². The molecule has 10 rings (SSSR count). The highest BCUT2D eigenvalue weighted by Gasteiger charge is 2.16. The maximum absolute atomic E-state index is 5.16. The summed E-state index contributed by atoms with van der Waals surface area (Å²) in [5.74, 6) is 1.77. The topological polar surface area (TPSA) is 77.3 Å². The Labute approximate surface area is 299 Å². The normalized spacial score (nSPS) is 11.5. The highest BCUT2D eigenvalue weighted by Crippen LogP contribution is 2.32. The molecule has 4 aromatic heterocycles. The van der Waals surface area contributed by atoms with Gasteiger partial charge in [-0.3, -0.25) is 4.98 Å². The van der Waals surface area contributed by atoms with Crippen LogP contribution in [0.1, 0.15) is 0 Å². The molecule has 0 saturated heterocycles. The Morgan fingerprint density at radius 1 is 0.288 bits per heavy atom. The molecule has 0 radical (unpaired) electrons. The summed E-state index contributed by atoms with van der Waals surface area (Å²) in [6.07, 6.45) is 1.80. The first-order chi connectivity index (χ1) is 25.7. The lowest BCUT2D eigenvalue weighted by Gasteiger charge is -2.11. The third kappa shape index (κ3) is 5.30. The first kappa shape index (κ1) is 29.7. The Morgan fingerprint density at radius 3 is 1.56 bits per heavy atom.